The third kappa shape index (κ3) is 4.30. The van der Waals surface area contributed by atoms with Gasteiger partial charge in [0.05, 0.1) is 11.5 Å². The second-order valence-electron chi connectivity index (χ2n) is 4.73. The summed E-state index contributed by atoms with van der Waals surface area (Å²) in [6, 6.07) is 6.83. The minimum Gasteiger partial charge on any atom is -0.493 e. The van der Waals surface area contributed by atoms with E-state index in [1.165, 1.54) is 0 Å². The molecule has 0 spiro atoms. The van der Waals surface area contributed by atoms with E-state index in [4.69, 9.17) is 4.74 Å². The van der Waals surface area contributed by atoms with Crippen molar-refractivity contribution < 1.29 is 13.2 Å². The Bertz CT molecular complexity index is 679. The molecule has 1 N–H and O–H groups in total. The molecule has 0 atom stereocenters. The molecule has 114 valence electrons. The van der Waals surface area contributed by atoms with Crippen LogP contribution in [0.5, 0.6) is 5.75 Å². The average molecular weight is 325 g/mol. The molecular weight excluding hydrogens is 306 g/mol. The maximum atomic E-state index is 12.3. The number of benzene rings is 1. The zero-order valence-corrected chi connectivity index (χ0v) is 13.8. The quantitative estimate of drug-likeness (QED) is 0.849. The first kappa shape index (κ1) is 16.0. The molecule has 0 aliphatic rings. The van der Waals surface area contributed by atoms with Crippen LogP contribution in [0.2, 0.25) is 0 Å². The van der Waals surface area contributed by atoms with Gasteiger partial charge in [-0.15, -0.1) is 0 Å². The van der Waals surface area contributed by atoms with E-state index in [9.17, 15) is 8.42 Å². The van der Waals surface area contributed by atoms with E-state index in [1.54, 1.807) is 29.5 Å². The zero-order chi connectivity index (χ0) is 15.3. The Morgan fingerprint density at radius 1 is 1.29 bits per heavy atom. The molecule has 0 saturated heterocycles. The van der Waals surface area contributed by atoms with Gasteiger partial charge in [-0.2, -0.15) is 11.3 Å². The standard InChI is InChI=1S/C15H19NO3S2/c1-3-7-19-15-5-4-14(9-12(15)2)21(17,18)16-10-13-6-8-20-11-13/h4-6,8-9,11,16H,3,7,10H2,1-2H3. The van der Waals surface area contributed by atoms with Crippen LogP contribution in [0.4, 0.5) is 0 Å². The van der Waals surface area contributed by atoms with Crippen molar-refractivity contribution in [2.24, 2.45) is 0 Å². The van der Waals surface area contributed by atoms with Gasteiger partial charge in [0.2, 0.25) is 10.0 Å². The van der Waals surface area contributed by atoms with Crippen molar-refractivity contribution in [3.8, 4) is 5.75 Å². The Hall–Kier alpha value is -1.37. The van der Waals surface area contributed by atoms with Crippen molar-refractivity contribution in [1.29, 1.82) is 0 Å². The van der Waals surface area contributed by atoms with E-state index in [2.05, 4.69) is 4.72 Å². The molecule has 0 saturated carbocycles. The van der Waals surface area contributed by atoms with Crippen molar-refractivity contribution in [3.63, 3.8) is 0 Å². The number of aryl methyl sites for hydroxylation is 1. The van der Waals surface area contributed by atoms with E-state index in [0.29, 0.717) is 13.2 Å². The summed E-state index contributed by atoms with van der Waals surface area (Å²) in [6.45, 7) is 4.81. The predicted octanol–water partition coefficient (Wildman–Crippen LogP) is 3.32. The molecule has 6 heteroatoms. The first-order chi connectivity index (χ1) is 10.0. The van der Waals surface area contributed by atoms with Crippen molar-refractivity contribution >= 4 is 21.4 Å². The molecule has 1 aromatic carbocycles. The number of hydrogen-bond acceptors (Lipinski definition) is 4. The lowest BCUT2D eigenvalue weighted by atomic mass is 10.2. The predicted molar refractivity (Wildman–Crippen MR) is 85.3 cm³/mol. The SMILES string of the molecule is CCCOc1ccc(S(=O)(=O)NCc2ccsc2)cc1C. The van der Waals surface area contributed by atoms with Gasteiger partial charge in [0.15, 0.2) is 0 Å². The molecule has 2 aromatic rings. The smallest absolute Gasteiger partial charge is 0.240 e. The molecule has 0 aliphatic carbocycles. The summed E-state index contributed by atoms with van der Waals surface area (Å²) in [5.74, 6) is 0.730. The highest BCUT2D eigenvalue weighted by molar-refractivity contribution is 7.89. The van der Waals surface area contributed by atoms with Gasteiger partial charge in [-0.3, -0.25) is 0 Å². The maximum absolute atomic E-state index is 12.3. The van der Waals surface area contributed by atoms with E-state index in [0.717, 1.165) is 23.3 Å². The summed E-state index contributed by atoms with van der Waals surface area (Å²) in [7, 11) is -3.50. The Labute approximate surface area is 129 Å². The fourth-order valence-electron chi connectivity index (χ4n) is 1.82. The number of ether oxygens (including phenoxy) is 1. The molecule has 1 heterocycles. The Kier molecular flexibility index (Phi) is 5.39. The topological polar surface area (TPSA) is 55.4 Å². The van der Waals surface area contributed by atoms with Crippen LogP contribution in [-0.4, -0.2) is 15.0 Å². The van der Waals surface area contributed by atoms with Gasteiger partial charge >= 0.3 is 0 Å². The largest absolute Gasteiger partial charge is 0.493 e. The monoisotopic (exact) mass is 325 g/mol. The fourth-order valence-corrected chi connectivity index (χ4v) is 3.59. The average Bonchev–Trinajstić information content (AvgIpc) is 2.97. The third-order valence-corrected chi connectivity index (χ3v) is 5.10. The van der Waals surface area contributed by atoms with Crippen molar-refractivity contribution in [2.45, 2.75) is 31.7 Å². The molecule has 21 heavy (non-hydrogen) atoms. The van der Waals surface area contributed by atoms with Crippen LogP contribution >= 0.6 is 11.3 Å². The van der Waals surface area contributed by atoms with Crippen LogP contribution in [0.25, 0.3) is 0 Å². The van der Waals surface area contributed by atoms with E-state index >= 15 is 0 Å². The van der Waals surface area contributed by atoms with Crippen molar-refractivity contribution in [3.05, 3.63) is 46.2 Å². The van der Waals surface area contributed by atoms with Gasteiger partial charge < -0.3 is 4.74 Å². The minimum atomic E-state index is -3.50. The van der Waals surface area contributed by atoms with Gasteiger partial charge in [-0.25, -0.2) is 13.1 Å². The normalized spacial score (nSPS) is 11.5. The van der Waals surface area contributed by atoms with Crippen molar-refractivity contribution in [1.82, 2.24) is 4.72 Å². The Morgan fingerprint density at radius 3 is 2.71 bits per heavy atom. The van der Waals surface area contributed by atoms with E-state index in [1.807, 2.05) is 30.7 Å². The van der Waals surface area contributed by atoms with Crippen LogP contribution in [0.3, 0.4) is 0 Å². The van der Waals surface area contributed by atoms with Crippen molar-refractivity contribution in [2.75, 3.05) is 6.61 Å². The first-order valence-electron chi connectivity index (χ1n) is 6.77. The Morgan fingerprint density at radius 2 is 2.10 bits per heavy atom. The first-order valence-corrected chi connectivity index (χ1v) is 9.19. The summed E-state index contributed by atoms with van der Waals surface area (Å²) < 4.78 is 32.7. The minimum absolute atomic E-state index is 0.263. The highest BCUT2D eigenvalue weighted by Crippen LogP contribution is 2.22. The third-order valence-electron chi connectivity index (χ3n) is 2.96. The number of hydrogen-bond donors (Lipinski definition) is 1. The zero-order valence-electron chi connectivity index (χ0n) is 12.1. The summed E-state index contributed by atoms with van der Waals surface area (Å²) in [4.78, 5) is 0.263. The van der Waals surface area contributed by atoms with Crippen LogP contribution in [0.15, 0.2) is 39.9 Å². The molecule has 0 unspecified atom stereocenters. The summed E-state index contributed by atoms with van der Waals surface area (Å²) in [5.41, 5.74) is 1.78. The summed E-state index contributed by atoms with van der Waals surface area (Å²) >= 11 is 1.55. The van der Waals surface area contributed by atoms with Gasteiger partial charge in [-0.05, 0) is 59.5 Å². The highest BCUT2D eigenvalue weighted by Gasteiger charge is 2.15. The molecule has 2 rings (SSSR count). The molecule has 4 nitrogen and oxygen atoms in total. The molecule has 0 fully saturated rings. The van der Waals surface area contributed by atoms with Crippen LogP contribution in [-0.2, 0) is 16.6 Å². The lowest BCUT2D eigenvalue weighted by Crippen LogP contribution is -2.23. The highest BCUT2D eigenvalue weighted by atomic mass is 32.2. The van der Waals surface area contributed by atoms with Crippen LogP contribution in [0, 0.1) is 6.92 Å². The number of thiophene rings is 1. The molecule has 0 bridgehead atoms. The molecule has 1 aromatic heterocycles. The lowest BCUT2D eigenvalue weighted by Gasteiger charge is -2.11. The molecular formula is C15H19NO3S2. The van der Waals surface area contributed by atoms with E-state index < -0.39 is 10.0 Å². The van der Waals surface area contributed by atoms with Gasteiger partial charge in [0.1, 0.15) is 5.75 Å². The second-order valence-corrected chi connectivity index (χ2v) is 7.28. The summed E-state index contributed by atoms with van der Waals surface area (Å²) in [6.07, 6.45) is 0.918. The Balaban J connectivity index is 2.10. The maximum Gasteiger partial charge on any atom is 0.240 e. The summed E-state index contributed by atoms with van der Waals surface area (Å²) in [5, 5.41) is 3.85. The van der Waals surface area contributed by atoms with Gasteiger partial charge in [0.25, 0.3) is 0 Å². The second kappa shape index (κ2) is 7.06. The van der Waals surface area contributed by atoms with Crippen LogP contribution in [0.1, 0.15) is 24.5 Å². The number of rotatable bonds is 7. The van der Waals surface area contributed by atoms with Crippen LogP contribution < -0.4 is 9.46 Å². The van der Waals surface area contributed by atoms with E-state index in [-0.39, 0.29) is 4.90 Å². The number of sulfonamides is 1. The van der Waals surface area contributed by atoms with Gasteiger partial charge in [-0.1, -0.05) is 6.92 Å². The fraction of sp³-hybridized carbons (Fsp3) is 0.333. The lowest BCUT2D eigenvalue weighted by molar-refractivity contribution is 0.315. The van der Waals surface area contributed by atoms with Gasteiger partial charge in [0, 0.05) is 6.54 Å². The molecule has 0 amide bonds. The molecule has 0 aliphatic heterocycles. The molecule has 0 radical (unpaired) electrons. The number of nitrogens with one attached hydrogen (secondary N) is 1.